The van der Waals surface area contributed by atoms with Gasteiger partial charge in [0.05, 0.1) is 32.5 Å². The van der Waals surface area contributed by atoms with E-state index < -0.39 is 23.5 Å². The summed E-state index contributed by atoms with van der Waals surface area (Å²) in [6.07, 6.45) is 2.49. The molecule has 0 radical (unpaired) electrons. The Bertz CT molecular complexity index is 486. The predicted molar refractivity (Wildman–Crippen MR) is 72.1 cm³/mol. The molecule has 0 spiro atoms. The Balaban J connectivity index is 5.86. The lowest BCUT2D eigenvalue weighted by Gasteiger charge is -2.08. The van der Waals surface area contributed by atoms with E-state index in [4.69, 9.17) is 0 Å². The first-order valence-electron chi connectivity index (χ1n) is 6.12. The van der Waals surface area contributed by atoms with Gasteiger partial charge < -0.3 is 14.2 Å². The van der Waals surface area contributed by atoms with E-state index in [2.05, 4.69) is 14.2 Å². The summed E-state index contributed by atoms with van der Waals surface area (Å²) in [6, 6.07) is 0. The quantitative estimate of drug-likeness (QED) is 0.296. The standard InChI is InChI=1S/C14H18O7/c1-5-6-9(15)7-10(13(17)20-3)11(14(18)21-4)8-12(16)19-2/h7-8H,5-6H2,1-4H3. The number of carbonyl (C=O) groups excluding carboxylic acids is 4. The van der Waals surface area contributed by atoms with Crippen LogP contribution in [-0.2, 0) is 33.4 Å². The molecule has 0 aromatic heterocycles. The Morgan fingerprint density at radius 1 is 0.810 bits per heavy atom. The van der Waals surface area contributed by atoms with Crippen LogP contribution in [0.3, 0.4) is 0 Å². The zero-order valence-corrected chi connectivity index (χ0v) is 12.4. The number of hydrogen-bond acceptors (Lipinski definition) is 7. The summed E-state index contributed by atoms with van der Waals surface area (Å²) in [5, 5.41) is 0. The van der Waals surface area contributed by atoms with Gasteiger partial charge in [-0.05, 0) is 12.5 Å². The maximum absolute atomic E-state index is 11.7. The monoisotopic (exact) mass is 298 g/mol. The van der Waals surface area contributed by atoms with Gasteiger partial charge in [-0.2, -0.15) is 0 Å². The molecule has 0 aromatic carbocycles. The Morgan fingerprint density at radius 2 is 1.29 bits per heavy atom. The van der Waals surface area contributed by atoms with Crippen LogP contribution in [0.4, 0.5) is 0 Å². The number of hydrogen-bond donors (Lipinski definition) is 0. The first kappa shape index (κ1) is 18.6. The van der Waals surface area contributed by atoms with Crippen LogP contribution in [0.25, 0.3) is 0 Å². The number of ether oxygens (including phenoxy) is 3. The molecule has 116 valence electrons. The predicted octanol–water partition coefficient (Wildman–Crippen LogP) is 0.727. The average Bonchev–Trinajstić information content (AvgIpc) is 2.48. The van der Waals surface area contributed by atoms with E-state index in [0.29, 0.717) is 6.42 Å². The van der Waals surface area contributed by atoms with Gasteiger partial charge in [0.25, 0.3) is 0 Å². The van der Waals surface area contributed by atoms with Gasteiger partial charge in [-0.3, -0.25) is 4.79 Å². The fraction of sp³-hybridized carbons (Fsp3) is 0.429. The van der Waals surface area contributed by atoms with E-state index in [1.807, 2.05) is 0 Å². The Kier molecular flexibility index (Phi) is 8.36. The zero-order chi connectivity index (χ0) is 16.4. The van der Waals surface area contributed by atoms with Crippen LogP contribution in [0, 0.1) is 0 Å². The van der Waals surface area contributed by atoms with E-state index in [9.17, 15) is 19.2 Å². The molecule has 0 aromatic rings. The van der Waals surface area contributed by atoms with Gasteiger partial charge in [0.1, 0.15) is 0 Å². The largest absolute Gasteiger partial charge is 0.466 e. The second kappa shape index (κ2) is 9.46. The molecular formula is C14H18O7. The molecule has 0 atom stereocenters. The third kappa shape index (κ3) is 6.03. The first-order chi connectivity index (χ1) is 9.90. The molecule has 0 fully saturated rings. The van der Waals surface area contributed by atoms with Gasteiger partial charge in [-0.15, -0.1) is 0 Å². The molecule has 0 saturated carbocycles. The smallest absolute Gasteiger partial charge is 0.339 e. The van der Waals surface area contributed by atoms with E-state index in [0.717, 1.165) is 33.5 Å². The Hall–Kier alpha value is -2.44. The number of carbonyl (C=O) groups is 4. The van der Waals surface area contributed by atoms with Gasteiger partial charge in [0, 0.05) is 12.5 Å². The van der Waals surface area contributed by atoms with E-state index in [-0.39, 0.29) is 17.8 Å². The highest BCUT2D eigenvalue weighted by molar-refractivity contribution is 6.13. The molecule has 0 rings (SSSR count). The third-order valence-corrected chi connectivity index (χ3v) is 2.37. The summed E-state index contributed by atoms with van der Waals surface area (Å²) >= 11 is 0. The van der Waals surface area contributed by atoms with Gasteiger partial charge in [-0.1, -0.05) is 6.92 Å². The first-order valence-corrected chi connectivity index (χ1v) is 6.12. The van der Waals surface area contributed by atoms with E-state index in [1.165, 1.54) is 0 Å². The van der Waals surface area contributed by atoms with Crippen LogP contribution < -0.4 is 0 Å². The Morgan fingerprint density at radius 3 is 1.67 bits per heavy atom. The maximum atomic E-state index is 11.7. The number of esters is 3. The van der Waals surface area contributed by atoms with Gasteiger partial charge in [0.2, 0.25) is 0 Å². The molecule has 0 aliphatic heterocycles. The van der Waals surface area contributed by atoms with Crippen LogP contribution >= 0.6 is 0 Å². The molecule has 0 aliphatic carbocycles. The molecule has 0 aliphatic rings. The molecule has 0 heterocycles. The third-order valence-electron chi connectivity index (χ3n) is 2.37. The second-order valence-electron chi connectivity index (χ2n) is 3.84. The summed E-state index contributed by atoms with van der Waals surface area (Å²) in [4.78, 5) is 46.4. The molecule has 7 nitrogen and oxygen atoms in total. The van der Waals surface area contributed by atoms with Gasteiger partial charge in [-0.25, -0.2) is 14.4 Å². The van der Waals surface area contributed by atoms with E-state index >= 15 is 0 Å². The average molecular weight is 298 g/mol. The Labute approximate surface area is 122 Å². The van der Waals surface area contributed by atoms with Crippen molar-refractivity contribution in [1.29, 1.82) is 0 Å². The van der Waals surface area contributed by atoms with Crippen molar-refractivity contribution in [3.05, 3.63) is 23.3 Å². The van der Waals surface area contributed by atoms with Crippen molar-refractivity contribution in [3.63, 3.8) is 0 Å². The summed E-state index contributed by atoms with van der Waals surface area (Å²) < 4.78 is 13.4. The van der Waals surface area contributed by atoms with Crippen LogP contribution in [0.1, 0.15) is 19.8 Å². The fourth-order valence-corrected chi connectivity index (χ4v) is 1.37. The second-order valence-corrected chi connectivity index (χ2v) is 3.84. The summed E-state index contributed by atoms with van der Waals surface area (Å²) in [7, 11) is 3.28. The molecular weight excluding hydrogens is 280 g/mol. The molecule has 0 N–H and O–H groups in total. The molecule has 0 amide bonds. The lowest BCUT2D eigenvalue weighted by molar-refractivity contribution is -0.140. The number of ketones is 1. The van der Waals surface area contributed by atoms with Crippen molar-refractivity contribution in [3.8, 4) is 0 Å². The molecule has 0 unspecified atom stereocenters. The highest BCUT2D eigenvalue weighted by Crippen LogP contribution is 2.15. The normalized spacial score (nSPS) is 11.6. The molecule has 21 heavy (non-hydrogen) atoms. The highest BCUT2D eigenvalue weighted by Gasteiger charge is 2.24. The van der Waals surface area contributed by atoms with Crippen LogP contribution in [-0.4, -0.2) is 45.0 Å². The summed E-state index contributed by atoms with van der Waals surface area (Å²) in [5.41, 5.74) is -0.756. The van der Waals surface area contributed by atoms with Crippen LogP contribution in [0.15, 0.2) is 23.3 Å². The zero-order valence-electron chi connectivity index (χ0n) is 12.4. The molecule has 0 bridgehead atoms. The maximum Gasteiger partial charge on any atom is 0.339 e. The SMILES string of the molecule is CCCC(=O)C=C(C(=O)OC)C(=CC(=O)OC)C(=O)OC. The van der Waals surface area contributed by atoms with Crippen molar-refractivity contribution in [1.82, 2.24) is 0 Å². The number of methoxy groups -OCH3 is 3. The van der Waals surface area contributed by atoms with Crippen molar-refractivity contribution in [2.24, 2.45) is 0 Å². The minimum atomic E-state index is -0.957. The lowest BCUT2D eigenvalue weighted by atomic mass is 10.0. The molecule has 0 saturated heterocycles. The van der Waals surface area contributed by atoms with Crippen molar-refractivity contribution < 1.29 is 33.4 Å². The topological polar surface area (TPSA) is 96.0 Å². The minimum absolute atomic E-state index is 0.188. The van der Waals surface area contributed by atoms with E-state index in [1.54, 1.807) is 6.92 Å². The number of allylic oxidation sites excluding steroid dienone is 1. The minimum Gasteiger partial charge on any atom is -0.466 e. The van der Waals surface area contributed by atoms with Crippen molar-refractivity contribution >= 4 is 23.7 Å². The van der Waals surface area contributed by atoms with Crippen molar-refractivity contribution in [2.45, 2.75) is 19.8 Å². The fourth-order valence-electron chi connectivity index (χ4n) is 1.37. The lowest BCUT2D eigenvalue weighted by Crippen LogP contribution is -2.18. The van der Waals surface area contributed by atoms with Crippen molar-refractivity contribution in [2.75, 3.05) is 21.3 Å². The van der Waals surface area contributed by atoms with Gasteiger partial charge >= 0.3 is 17.9 Å². The highest BCUT2D eigenvalue weighted by atomic mass is 16.5. The summed E-state index contributed by atoms with van der Waals surface area (Å²) in [5.74, 6) is -3.13. The van der Waals surface area contributed by atoms with Gasteiger partial charge in [0.15, 0.2) is 5.78 Å². The summed E-state index contributed by atoms with van der Waals surface area (Å²) in [6.45, 7) is 1.79. The van der Waals surface area contributed by atoms with Crippen LogP contribution in [0.2, 0.25) is 0 Å². The number of rotatable bonds is 7. The van der Waals surface area contributed by atoms with Crippen LogP contribution in [0.5, 0.6) is 0 Å². The molecule has 7 heteroatoms.